The molecule has 0 radical (unpaired) electrons. The standard InChI is InChI=1S/C18H26N2O4/c1-12(2)8-16(17(21)22)19-14-9-15(10-14)20-18(23)24-11-13-6-4-3-5-7-13/h3-7,12,14-16,19H,8-11H2,1-2H3,(H,20,23)(H,21,22). The predicted molar refractivity (Wildman–Crippen MR) is 90.6 cm³/mol. The molecule has 6 heteroatoms. The van der Waals surface area contributed by atoms with Crippen LogP contribution in [-0.4, -0.2) is 35.3 Å². The summed E-state index contributed by atoms with van der Waals surface area (Å²) in [5, 5.41) is 15.2. The van der Waals surface area contributed by atoms with Crippen LogP contribution in [0.2, 0.25) is 0 Å². The molecule has 0 aromatic heterocycles. The van der Waals surface area contributed by atoms with Crippen LogP contribution in [0.15, 0.2) is 30.3 Å². The van der Waals surface area contributed by atoms with Crippen molar-refractivity contribution in [2.24, 2.45) is 5.92 Å². The van der Waals surface area contributed by atoms with E-state index in [-0.39, 0.29) is 18.7 Å². The number of carboxylic acids is 1. The predicted octanol–water partition coefficient (Wildman–Crippen LogP) is 2.53. The van der Waals surface area contributed by atoms with Crippen LogP contribution in [0.4, 0.5) is 4.79 Å². The van der Waals surface area contributed by atoms with Gasteiger partial charge in [0.25, 0.3) is 0 Å². The first-order valence-electron chi connectivity index (χ1n) is 8.40. The van der Waals surface area contributed by atoms with E-state index in [1.807, 2.05) is 44.2 Å². The first-order valence-corrected chi connectivity index (χ1v) is 8.40. The normalized spacial score (nSPS) is 21.0. The van der Waals surface area contributed by atoms with Crippen molar-refractivity contribution >= 4 is 12.1 Å². The molecule has 2 rings (SSSR count). The largest absolute Gasteiger partial charge is 0.480 e. The summed E-state index contributed by atoms with van der Waals surface area (Å²) < 4.78 is 5.18. The van der Waals surface area contributed by atoms with Crippen LogP contribution in [-0.2, 0) is 16.1 Å². The minimum absolute atomic E-state index is 0.0410. The molecule has 0 aliphatic heterocycles. The van der Waals surface area contributed by atoms with Crippen molar-refractivity contribution in [2.45, 2.75) is 57.8 Å². The maximum Gasteiger partial charge on any atom is 0.407 e. The van der Waals surface area contributed by atoms with E-state index in [9.17, 15) is 14.7 Å². The second-order valence-corrected chi connectivity index (χ2v) is 6.76. The number of hydrogen-bond acceptors (Lipinski definition) is 4. The number of amides is 1. The van der Waals surface area contributed by atoms with E-state index in [2.05, 4.69) is 10.6 Å². The molecular formula is C18H26N2O4. The summed E-state index contributed by atoms with van der Waals surface area (Å²) in [6.45, 7) is 4.26. The van der Waals surface area contributed by atoms with Crippen LogP contribution in [0.5, 0.6) is 0 Å². The van der Waals surface area contributed by atoms with E-state index in [0.29, 0.717) is 12.3 Å². The molecule has 1 aliphatic rings. The lowest BCUT2D eigenvalue weighted by atomic mass is 9.85. The smallest absolute Gasteiger partial charge is 0.407 e. The Hall–Kier alpha value is -2.08. The Morgan fingerprint density at radius 2 is 1.88 bits per heavy atom. The first-order chi connectivity index (χ1) is 11.4. The van der Waals surface area contributed by atoms with E-state index in [4.69, 9.17) is 4.74 Å². The molecule has 1 atom stereocenters. The second-order valence-electron chi connectivity index (χ2n) is 6.76. The summed E-state index contributed by atoms with van der Waals surface area (Å²) >= 11 is 0. The zero-order valence-electron chi connectivity index (χ0n) is 14.2. The van der Waals surface area contributed by atoms with Gasteiger partial charge in [0.2, 0.25) is 0 Å². The average molecular weight is 334 g/mol. The van der Waals surface area contributed by atoms with Gasteiger partial charge in [0.05, 0.1) is 0 Å². The second kappa shape index (κ2) is 8.68. The molecule has 1 aliphatic carbocycles. The van der Waals surface area contributed by atoms with Crippen LogP contribution in [0.3, 0.4) is 0 Å². The van der Waals surface area contributed by atoms with E-state index >= 15 is 0 Å². The molecule has 0 saturated heterocycles. The molecule has 3 N–H and O–H groups in total. The number of hydrogen-bond donors (Lipinski definition) is 3. The Kier molecular flexibility index (Phi) is 6.61. The fourth-order valence-electron chi connectivity index (χ4n) is 2.80. The highest BCUT2D eigenvalue weighted by atomic mass is 16.5. The molecule has 1 amide bonds. The Bertz CT molecular complexity index is 541. The third kappa shape index (κ3) is 5.85. The summed E-state index contributed by atoms with van der Waals surface area (Å²) in [5.41, 5.74) is 0.943. The zero-order chi connectivity index (χ0) is 17.5. The van der Waals surface area contributed by atoms with Crippen LogP contribution >= 0.6 is 0 Å². The van der Waals surface area contributed by atoms with Gasteiger partial charge in [-0.1, -0.05) is 44.2 Å². The maximum atomic E-state index is 11.8. The Morgan fingerprint density at radius 1 is 1.21 bits per heavy atom. The van der Waals surface area contributed by atoms with Crippen LogP contribution in [0.25, 0.3) is 0 Å². The van der Waals surface area contributed by atoms with Gasteiger partial charge in [0.15, 0.2) is 0 Å². The number of benzene rings is 1. The minimum atomic E-state index is -0.817. The van der Waals surface area contributed by atoms with Gasteiger partial charge in [-0.05, 0) is 30.7 Å². The first kappa shape index (κ1) is 18.3. The average Bonchev–Trinajstić information content (AvgIpc) is 2.50. The Balaban J connectivity index is 1.65. The lowest BCUT2D eigenvalue weighted by Crippen LogP contribution is -2.56. The van der Waals surface area contributed by atoms with Gasteiger partial charge in [-0.15, -0.1) is 0 Å². The van der Waals surface area contributed by atoms with Gasteiger partial charge in [-0.2, -0.15) is 0 Å². The van der Waals surface area contributed by atoms with Gasteiger partial charge < -0.3 is 20.5 Å². The molecule has 0 spiro atoms. The zero-order valence-corrected chi connectivity index (χ0v) is 14.2. The number of carbonyl (C=O) groups excluding carboxylic acids is 1. The van der Waals surface area contributed by atoms with Crippen molar-refractivity contribution in [2.75, 3.05) is 0 Å². The SMILES string of the molecule is CC(C)CC(NC1CC(NC(=O)OCc2ccccc2)C1)C(=O)O. The number of aliphatic carboxylic acids is 1. The van der Waals surface area contributed by atoms with Crippen molar-refractivity contribution in [3.8, 4) is 0 Å². The monoisotopic (exact) mass is 334 g/mol. The summed E-state index contributed by atoms with van der Waals surface area (Å²) in [7, 11) is 0. The summed E-state index contributed by atoms with van der Waals surface area (Å²) in [5.74, 6) is -0.497. The minimum Gasteiger partial charge on any atom is -0.480 e. The molecule has 132 valence electrons. The van der Waals surface area contributed by atoms with E-state index in [1.165, 1.54) is 0 Å². The molecule has 1 aromatic rings. The van der Waals surface area contributed by atoms with Gasteiger partial charge in [0.1, 0.15) is 12.6 Å². The fourth-order valence-corrected chi connectivity index (χ4v) is 2.80. The molecule has 0 bridgehead atoms. The highest BCUT2D eigenvalue weighted by Gasteiger charge is 2.33. The number of ether oxygens (including phenoxy) is 1. The number of nitrogens with one attached hydrogen (secondary N) is 2. The van der Waals surface area contributed by atoms with Gasteiger partial charge in [-0.3, -0.25) is 4.79 Å². The van der Waals surface area contributed by atoms with Crippen LogP contribution in [0.1, 0.15) is 38.7 Å². The molecule has 6 nitrogen and oxygen atoms in total. The quantitative estimate of drug-likeness (QED) is 0.680. The summed E-state index contributed by atoms with van der Waals surface area (Å²) in [4.78, 5) is 23.0. The fraction of sp³-hybridized carbons (Fsp3) is 0.556. The number of carbonyl (C=O) groups is 2. The van der Waals surface area contributed by atoms with Gasteiger partial charge >= 0.3 is 12.1 Å². The van der Waals surface area contributed by atoms with E-state index < -0.39 is 18.1 Å². The van der Waals surface area contributed by atoms with E-state index in [0.717, 1.165) is 18.4 Å². The highest BCUT2D eigenvalue weighted by Crippen LogP contribution is 2.22. The third-order valence-electron chi connectivity index (χ3n) is 4.11. The lowest BCUT2D eigenvalue weighted by molar-refractivity contribution is -0.140. The highest BCUT2D eigenvalue weighted by molar-refractivity contribution is 5.73. The van der Waals surface area contributed by atoms with Crippen molar-refractivity contribution in [3.05, 3.63) is 35.9 Å². The molecule has 1 aromatic carbocycles. The lowest BCUT2D eigenvalue weighted by Gasteiger charge is -2.37. The van der Waals surface area contributed by atoms with Crippen molar-refractivity contribution < 1.29 is 19.4 Å². The van der Waals surface area contributed by atoms with Crippen molar-refractivity contribution in [1.29, 1.82) is 0 Å². The molecule has 1 unspecified atom stereocenters. The van der Waals surface area contributed by atoms with Crippen molar-refractivity contribution in [3.63, 3.8) is 0 Å². The molecule has 1 fully saturated rings. The maximum absolute atomic E-state index is 11.8. The topological polar surface area (TPSA) is 87.7 Å². The summed E-state index contributed by atoms with van der Waals surface area (Å²) in [6, 6.07) is 9.15. The number of carboxylic acid groups (broad SMARTS) is 1. The number of rotatable bonds is 8. The van der Waals surface area contributed by atoms with Crippen LogP contribution < -0.4 is 10.6 Å². The molecular weight excluding hydrogens is 308 g/mol. The van der Waals surface area contributed by atoms with E-state index in [1.54, 1.807) is 0 Å². The number of alkyl carbamates (subject to hydrolysis) is 1. The summed E-state index contributed by atoms with van der Waals surface area (Å²) in [6.07, 6.45) is 1.62. The Labute approximate surface area is 142 Å². The van der Waals surface area contributed by atoms with Crippen molar-refractivity contribution in [1.82, 2.24) is 10.6 Å². The van der Waals surface area contributed by atoms with Gasteiger partial charge in [-0.25, -0.2) is 4.79 Å². The third-order valence-corrected chi connectivity index (χ3v) is 4.11. The molecule has 24 heavy (non-hydrogen) atoms. The Morgan fingerprint density at radius 3 is 2.46 bits per heavy atom. The molecule has 1 saturated carbocycles. The van der Waals surface area contributed by atoms with Gasteiger partial charge in [0, 0.05) is 12.1 Å². The van der Waals surface area contributed by atoms with Crippen LogP contribution in [0, 0.1) is 5.92 Å². The molecule has 0 heterocycles.